The van der Waals surface area contributed by atoms with Crippen LogP contribution in [0.1, 0.15) is 0 Å². The maximum Gasteiger partial charge on any atom is 0.250 e. The van der Waals surface area contributed by atoms with Crippen molar-refractivity contribution in [2.75, 3.05) is 33.7 Å². The van der Waals surface area contributed by atoms with Gasteiger partial charge in [0.1, 0.15) is 0 Å². The van der Waals surface area contributed by atoms with E-state index in [9.17, 15) is 4.79 Å². The van der Waals surface area contributed by atoms with Crippen LogP contribution in [-0.2, 0) is 6.54 Å². The molecular weight excluding hydrogens is 190 g/mol. The Morgan fingerprint density at radius 3 is 2.87 bits per heavy atom. The number of nitrogens with one attached hydrogen (secondary N) is 1. The third-order valence-electron chi connectivity index (χ3n) is 2.37. The molecule has 84 valence electrons. The molecule has 4 nitrogen and oxygen atoms in total. The van der Waals surface area contributed by atoms with Crippen LogP contribution in [0.2, 0.25) is 0 Å². The molecule has 0 saturated carbocycles. The van der Waals surface area contributed by atoms with Crippen molar-refractivity contribution in [1.82, 2.24) is 14.8 Å². The molecule has 0 unspecified atom stereocenters. The van der Waals surface area contributed by atoms with Crippen molar-refractivity contribution < 1.29 is 0 Å². The van der Waals surface area contributed by atoms with Gasteiger partial charge in [0.15, 0.2) is 0 Å². The Hall–Kier alpha value is -1.13. The second kappa shape index (κ2) is 6.37. The summed E-state index contributed by atoms with van der Waals surface area (Å²) in [6, 6.07) is 5.24. The molecule has 1 N–H and O–H groups in total. The van der Waals surface area contributed by atoms with Gasteiger partial charge in [-0.15, -0.1) is 0 Å². The lowest BCUT2D eigenvalue weighted by Gasteiger charge is -2.16. The van der Waals surface area contributed by atoms with Crippen LogP contribution in [0.4, 0.5) is 0 Å². The lowest BCUT2D eigenvalue weighted by molar-refractivity contribution is 0.318. The molecule has 0 aliphatic carbocycles. The van der Waals surface area contributed by atoms with E-state index in [-0.39, 0.29) is 5.56 Å². The molecular formula is C11H19N3O. The Labute approximate surface area is 90.5 Å². The third kappa shape index (κ3) is 4.27. The fraction of sp³-hybridized carbons (Fsp3) is 0.545. The molecule has 1 heterocycles. The third-order valence-corrected chi connectivity index (χ3v) is 2.37. The molecule has 0 radical (unpaired) electrons. The zero-order chi connectivity index (χ0) is 11.1. The average Bonchev–Trinajstić information content (AvgIpc) is 2.25. The first-order valence-electron chi connectivity index (χ1n) is 5.22. The first kappa shape index (κ1) is 11.9. The van der Waals surface area contributed by atoms with E-state index in [0.29, 0.717) is 0 Å². The Morgan fingerprint density at radius 1 is 1.40 bits per heavy atom. The summed E-state index contributed by atoms with van der Waals surface area (Å²) < 4.78 is 1.73. The van der Waals surface area contributed by atoms with E-state index in [4.69, 9.17) is 0 Å². The minimum atomic E-state index is 0.0690. The zero-order valence-electron chi connectivity index (χ0n) is 9.44. The summed E-state index contributed by atoms with van der Waals surface area (Å²) in [5.41, 5.74) is 0.0690. The summed E-state index contributed by atoms with van der Waals surface area (Å²) in [4.78, 5) is 13.6. The van der Waals surface area contributed by atoms with Gasteiger partial charge in [0, 0.05) is 38.4 Å². The van der Waals surface area contributed by atoms with Crippen LogP contribution < -0.4 is 10.9 Å². The van der Waals surface area contributed by atoms with E-state index in [1.54, 1.807) is 16.7 Å². The van der Waals surface area contributed by atoms with Crippen LogP contribution in [0.5, 0.6) is 0 Å². The quantitative estimate of drug-likeness (QED) is 0.716. The van der Waals surface area contributed by atoms with Crippen molar-refractivity contribution in [1.29, 1.82) is 0 Å². The molecule has 1 aromatic rings. The minimum absolute atomic E-state index is 0.0690. The molecule has 0 amide bonds. The van der Waals surface area contributed by atoms with Crippen molar-refractivity contribution in [2.45, 2.75) is 6.54 Å². The van der Waals surface area contributed by atoms with Crippen LogP contribution in [0.15, 0.2) is 29.2 Å². The molecule has 0 spiro atoms. The van der Waals surface area contributed by atoms with Crippen molar-refractivity contribution in [3.05, 3.63) is 34.7 Å². The number of nitrogens with zero attached hydrogens (tertiary/aromatic N) is 2. The molecule has 1 rings (SSSR count). The highest BCUT2D eigenvalue weighted by Crippen LogP contribution is 1.86. The van der Waals surface area contributed by atoms with Gasteiger partial charge in [-0.2, -0.15) is 0 Å². The van der Waals surface area contributed by atoms with Gasteiger partial charge in [-0.25, -0.2) is 0 Å². The van der Waals surface area contributed by atoms with Crippen LogP contribution in [0.25, 0.3) is 0 Å². The average molecular weight is 209 g/mol. The van der Waals surface area contributed by atoms with E-state index in [1.807, 2.05) is 19.3 Å². The summed E-state index contributed by atoms with van der Waals surface area (Å²) in [5, 5.41) is 3.10. The fourth-order valence-electron chi connectivity index (χ4n) is 1.34. The molecule has 15 heavy (non-hydrogen) atoms. The number of hydrogen-bond donors (Lipinski definition) is 1. The Bertz CT molecular complexity index is 335. The standard InChI is InChI=1S/C11H19N3O/c1-12-6-8-13(2)9-10-14-7-4-3-5-11(14)15/h3-5,7,12H,6,8-10H2,1-2H3. The van der Waals surface area contributed by atoms with Gasteiger partial charge >= 0.3 is 0 Å². The minimum Gasteiger partial charge on any atom is -0.318 e. The highest BCUT2D eigenvalue weighted by atomic mass is 16.1. The largest absolute Gasteiger partial charge is 0.318 e. The van der Waals surface area contributed by atoms with Crippen molar-refractivity contribution in [3.63, 3.8) is 0 Å². The lowest BCUT2D eigenvalue weighted by Crippen LogP contribution is -2.32. The topological polar surface area (TPSA) is 37.3 Å². The molecule has 0 fully saturated rings. The van der Waals surface area contributed by atoms with Gasteiger partial charge in [-0.1, -0.05) is 6.07 Å². The van der Waals surface area contributed by atoms with Gasteiger partial charge in [-0.3, -0.25) is 4.79 Å². The van der Waals surface area contributed by atoms with Gasteiger partial charge in [0.25, 0.3) is 5.56 Å². The molecule has 1 aromatic heterocycles. The monoisotopic (exact) mass is 209 g/mol. The Kier molecular flexibility index (Phi) is 5.07. The number of likely N-dealkylation sites (N-methyl/N-ethyl adjacent to an activating group) is 2. The van der Waals surface area contributed by atoms with E-state index in [2.05, 4.69) is 17.3 Å². The molecule has 0 aromatic carbocycles. The molecule has 0 aliphatic heterocycles. The number of pyridine rings is 1. The highest BCUT2D eigenvalue weighted by molar-refractivity contribution is 4.93. The molecule has 0 saturated heterocycles. The van der Waals surface area contributed by atoms with E-state index in [1.165, 1.54) is 0 Å². The first-order valence-corrected chi connectivity index (χ1v) is 5.22. The van der Waals surface area contributed by atoms with E-state index < -0.39 is 0 Å². The SMILES string of the molecule is CNCCN(C)CCn1ccccc1=O. The Morgan fingerprint density at radius 2 is 2.20 bits per heavy atom. The van der Waals surface area contributed by atoms with Crippen molar-refractivity contribution >= 4 is 0 Å². The first-order chi connectivity index (χ1) is 7.24. The normalized spacial score (nSPS) is 10.9. The fourth-order valence-corrected chi connectivity index (χ4v) is 1.34. The summed E-state index contributed by atoms with van der Waals surface area (Å²) in [6.45, 7) is 3.61. The Balaban J connectivity index is 2.37. The summed E-state index contributed by atoms with van der Waals surface area (Å²) in [6.07, 6.45) is 1.83. The van der Waals surface area contributed by atoms with Gasteiger partial charge in [0.05, 0.1) is 0 Å². The van der Waals surface area contributed by atoms with E-state index >= 15 is 0 Å². The van der Waals surface area contributed by atoms with E-state index in [0.717, 1.165) is 26.2 Å². The predicted octanol–water partition coefficient (Wildman–Crippen LogP) is -0.000500. The number of rotatable bonds is 6. The second-order valence-corrected chi connectivity index (χ2v) is 3.64. The summed E-state index contributed by atoms with van der Waals surface area (Å²) >= 11 is 0. The summed E-state index contributed by atoms with van der Waals surface area (Å²) in [5.74, 6) is 0. The van der Waals surface area contributed by atoms with Crippen LogP contribution >= 0.6 is 0 Å². The van der Waals surface area contributed by atoms with Gasteiger partial charge in [0.2, 0.25) is 0 Å². The second-order valence-electron chi connectivity index (χ2n) is 3.64. The maximum atomic E-state index is 11.4. The van der Waals surface area contributed by atoms with Crippen LogP contribution in [-0.4, -0.2) is 43.2 Å². The predicted molar refractivity (Wildman–Crippen MR) is 62.1 cm³/mol. The molecule has 0 aliphatic rings. The summed E-state index contributed by atoms with van der Waals surface area (Å²) in [7, 11) is 4.00. The highest BCUT2D eigenvalue weighted by Gasteiger charge is 1.98. The van der Waals surface area contributed by atoms with Crippen LogP contribution in [0.3, 0.4) is 0 Å². The van der Waals surface area contributed by atoms with Crippen LogP contribution in [0, 0.1) is 0 Å². The lowest BCUT2D eigenvalue weighted by atomic mass is 10.4. The number of aromatic nitrogens is 1. The number of hydrogen-bond acceptors (Lipinski definition) is 3. The van der Waals surface area contributed by atoms with Crippen molar-refractivity contribution in [3.8, 4) is 0 Å². The zero-order valence-corrected chi connectivity index (χ0v) is 9.44. The molecule has 4 heteroatoms. The van der Waals surface area contributed by atoms with Gasteiger partial charge < -0.3 is 14.8 Å². The maximum absolute atomic E-state index is 11.4. The smallest absolute Gasteiger partial charge is 0.250 e. The molecule has 0 bridgehead atoms. The van der Waals surface area contributed by atoms with Gasteiger partial charge in [-0.05, 0) is 20.2 Å². The molecule has 0 atom stereocenters. The van der Waals surface area contributed by atoms with Crippen molar-refractivity contribution in [2.24, 2.45) is 0 Å².